The molecule has 0 atom stereocenters. The monoisotopic (exact) mass is 208 g/mol. The van der Waals surface area contributed by atoms with Gasteiger partial charge >= 0.3 is 0 Å². The van der Waals surface area contributed by atoms with Crippen LogP contribution in [-0.2, 0) is 6.54 Å². The van der Waals surface area contributed by atoms with E-state index in [4.69, 9.17) is 5.41 Å². The van der Waals surface area contributed by atoms with Crippen molar-refractivity contribution in [2.45, 2.75) is 20.4 Å². The van der Waals surface area contributed by atoms with Crippen molar-refractivity contribution in [2.75, 3.05) is 0 Å². The van der Waals surface area contributed by atoms with E-state index in [1.165, 1.54) is 0 Å². The van der Waals surface area contributed by atoms with Crippen LogP contribution in [0.5, 0.6) is 0 Å². The van der Waals surface area contributed by atoms with Gasteiger partial charge in [-0.15, -0.1) is 0 Å². The van der Waals surface area contributed by atoms with Gasteiger partial charge in [0, 0.05) is 12.1 Å². The molecule has 1 aromatic rings. The lowest BCUT2D eigenvalue weighted by atomic mass is 10.1. The smallest absolute Gasteiger partial charge is 0.131 e. The van der Waals surface area contributed by atoms with Crippen LogP contribution >= 0.6 is 0 Å². The summed E-state index contributed by atoms with van der Waals surface area (Å²) in [6.07, 6.45) is 3.69. The van der Waals surface area contributed by atoms with Gasteiger partial charge in [0.25, 0.3) is 0 Å². The molecule has 3 heteroatoms. The van der Waals surface area contributed by atoms with Crippen LogP contribution in [0.4, 0.5) is 4.39 Å². The first kappa shape index (κ1) is 13.4. The normalized spacial score (nSPS) is 9.53. The van der Waals surface area contributed by atoms with Crippen LogP contribution in [0.15, 0.2) is 30.5 Å². The predicted octanol–water partition coefficient (Wildman–Crippen LogP) is 3.02. The molecule has 1 aromatic carbocycles. The highest BCUT2D eigenvalue weighted by molar-refractivity contribution is 5.24. The topological polar surface area (TPSA) is 35.9 Å². The molecule has 0 aliphatic carbocycles. The zero-order valence-corrected chi connectivity index (χ0v) is 9.18. The maximum atomic E-state index is 13.4. The van der Waals surface area contributed by atoms with Crippen molar-refractivity contribution in [2.24, 2.45) is 0 Å². The Labute approximate surface area is 90.3 Å². The minimum Gasteiger partial charge on any atom is -0.387 e. The second kappa shape index (κ2) is 7.74. The van der Waals surface area contributed by atoms with Crippen LogP contribution in [0.1, 0.15) is 18.1 Å². The predicted molar refractivity (Wildman–Crippen MR) is 62.6 cm³/mol. The van der Waals surface area contributed by atoms with Gasteiger partial charge in [0.05, 0.1) is 0 Å². The second-order valence-corrected chi connectivity index (χ2v) is 2.93. The van der Waals surface area contributed by atoms with Crippen molar-refractivity contribution in [1.82, 2.24) is 5.32 Å². The lowest BCUT2D eigenvalue weighted by molar-refractivity contribution is 0.595. The summed E-state index contributed by atoms with van der Waals surface area (Å²) in [6.45, 7) is 6.73. The highest BCUT2D eigenvalue weighted by Crippen LogP contribution is 2.11. The molecule has 0 spiro atoms. The molecule has 0 radical (unpaired) electrons. The van der Waals surface area contributed by atoms with E-state index >= 15 is 0 Å². The van der Waals surface area contributed by atoms with Crippen LogP contribution in [0, 0.1) is 18.2 Å². The summed E-state index contributed by atoms with van der Waals surface area (Å²) in [6, 6.07) is 5.43. The Balaban J connectivity index is 0.000000921. The Morgan fingerprint density at radius 3 is 2.73 bits per heavy atom. The number of hydrogen-bond donors (Lipinski definition) is 2. The Morgan fingerprint density at radius 1 is 1.47 bits per heavy atom. The number of rotatable bonds is 3. The van der Waals surface area contributed by atoms with E-state index < -0.39 is 0 Å². The average molecular weight is 208 g/mol. The molecule has 82 valence electrons. The number of allylic oxidation sites excluding steroid dienone is 1. The highest BCUT2D eigenvalue weighted by Gasteiger charge is 2.02. The Hall–Kier alpha value is -1.64. The van der Waals surface area contributed by atoms with Gasteiger partial charge in [-0.05, 0) is 32.3 Å². The number of nitrogens with one attached hydrogen (secondary N) is 2. The van der Waals surface area contributed by atoms with E-state index in [1.807, 2.05) is 25.3 Å². The van der Waals surface area contributed by atoms with Crippen LogP contribution in [0.3, 0.4) is 0 Å². The van der Waals surface area contributed by atoms with Gasteiger partial charge in [-0.25, -0.2) is 4.39 Å². The van der Waals surface area contributed by atoms with Crippen molar-refractivity contribution >= 4 is 6.72 Å². The zero-order valence-electron chi connectivity index (χ0n) is 9.18. The Morgan fingerprint density at radius 2 is 2.13 bits per heavy atom. The van der Waals surface area contributed by atoms with Gasteiger partial charge in [0.1, 0.15) is 5.82 Å². The first-order valence-electron chi connectivity index (χ1n) is 4.69. The summed E-state index contributed by atoms with van der Waals surface area (Å²) in [4.78, 5) is 0. The molecule has 2 N–H and O–H groups in total. The first-order valence-corrected chi connectivity index (χ1v) is 4.69. The van der Waals surface area contributed by atoms with Crippen molar-refractivity contribution in [3.8, 4) is 0 Å². The minimum absolute atomic E-state index is 0.112. The molecule has 0 aliphatic rings. The molecule has 1 rings (SSSR count). The summed E-state index contributed by atoms with van der Waals surface area (Å²) in [5.74, 6) is -0.112. The van der Waals surface area contributed by atoms with Crippen LogP contribution in [0.25, 0.3) is 0 Å². The largest absolute Gasteiger partial charge is 0.387 e. The lowest BCUT2D eigenvalue weighted by Crippen LogP contribution is -2.06. The third-order valence-corrected chi connectivity index (χ3v) is 1.85. The molecule has 0 aliphatic heterocycles. The van der Waals surface area contributed by atoms with Crippen LogP contribution in [0.2, 0.25) is 0 Å². The fourth-order valence-corrected chi connectivity index (χ4v) is 1.13. The first-order chi connectivity index (χ1) is 7.25. The van der Waals surface area contributed by atoms with Gasteiger partial charge in [0.2, 0.25) is 0 Å². The van der Waals surface area contributed by atoms with Gasteiger partial charge in [0.15, 0.2) is 0 Å². The molecule has 0 saturated heterocycles. The number of hydrogen-bond acceptors (Lipinski definition) is 2. The van der Waals surface area contributed by atoms with Crippen molar-refractivity contribution in [3.05, 3.63) is 47.4 Å². The molecule has 15 heavy (non-hydrogen) atoms. The number of halogens is 1. The lowest BCUT2D eigenvalue weighted by Gasteiger charge is -2.04. The van der Waals surface area contributed by atoms with E-state index in [9.17, 15) is 4.39 Å². The van der Waals surface area contributed by atoms with E-state index in [-0.39, 0.29) is 5.82 Å². The molecule has 0 fully saturated rings. The van der Waals surface area contributed by atoms with E-state index in [1.54, 1.807) is 19.1 Å². The molecule has 0 bridgehead atoms. The summed E-state index contributed by atoms with van der Waals surface area (Å²) < 4.78 is 13.4. The van der Waals surface area contributed by atoms with Gasteiger partial charge in [-0.1, -0.05) is 24.3 Å². The SMILES string of the molecule is C/C=C\NCc1cccc(C)c1F.C=N. The maximum absolute atomic E-state index is 13.4. The van der Waals surface area contributed by atoms with Crippen LogP contribution < -0.4 is 5.32 Å². The maximum Gasteiger partial charge on any atom is 0.131 e. The summed E-state index contributed by atoms with van der Waals surface area (Å²) >= 11 is 0. The quantitative estimate of drug-likeness (QED) is 0.736. The van der Waals surface area contributed by atoms with Gasteiger partial charge in [-0.3, -0.25) is 0 Å². The fraction of sp³-hybridized carbons (Fsp3) is 0.250. The molecular formula is C12H17FN2. The Kier molecular flexibility index (Phi) is 6.89. The summed E-state index contributed by atoms with van der Waals surface area (Å²) in [7, 11) is 0. The second-order valence-electron chi connectivity index (χ2n) is 2.93. The number of aryl methyl sites for hydroxylation is 1. The standard InChI is InChI=1S/C11H14FN.CH3N/c1-3-7-13-8-10-6-4-5-9(2)11(10)12;1-2/h3-7,13H,8H2,1-2H3;2H,1H2/b7-3-;. The molecule has 0 heterocycles. The molecule has 0 amide bonds. The van der Waals surface area contributed by atoms with E-state index in [2.05, 4.69) is 12.0 Å². The molecular weight excluding hydrogens is 191 g/mol. The Bertz CT molecular complexity index is 321. The van der Waals surface area contributed by atoms with Crippen LogP contribution in [-0.4, -0.2) is 6.72 Å². The minimum atomic E-state index is -0.112. The summed E-state index contributed by atoms with van der Waals surface area (Å²) in [5.41, 5.74) is 1.40. The third-order valence-electron chi connectivity index (χ3n) is 1.85. The molecule has 2 nitrogen and oxygen atoms in total. The number of benzene rings is 1. The fourth-order valence-electron chi connectivity index (χ4n) is 1.13. The van der Waals surface area contributed by atoms with Crippen molar-refractivity contribution in [3.63, 3.8) is 0 Å². The summed E-state index contributed by atoms with van der Waals surface area (Å²) in [5, 5.41) is 8.50. The molecule has 0 aromatic heterocycles. The average Bonchev–Trinajstić information content (AvgIpc) is 2.27. The van der Waals surface area contributed by atoms with Crippen molar-refractivity contribution < 1.29 is 4.39 Å². The van der Waals surface area contributed by atoms with Gasteiger partial charge < -0.3 is 10.7 Å². The van der Waals surface area contributed by atoms with E-state index in [0.717, 1.165) is 0 Å². The third kappa shape index (κ3) is 4.40. The molecule has 0 saturated carbocycles. The van der Waals surface area contributed by atoms with Crippen molar-refractivity contribution in [1.29, 1.82) is 5.41 Å². The van der Waals surface area contributed by atoms with E-state index in [0.29, 0.717) is 17.7 Å². The molecule has 0 unspecified atom stereocenters. The van der Waals surface area contributed by atoms with Gasteiger partial charge in [-0.2, -0.15) is 0 Å². The highest BCUT2D eigenvalue weighted by atomic mass is 19.1. The zero-order chi connectivity index (χ0) is 11.7.